The number of amides is 1. The van der Waals surface area contributed by atoms with Crippen molar-refractivity contribution in [3.63, 3.8) is 0 Å². The van der Waals surface area contributed by atoms with Crippen LogP contribution in [0, 0.1) is 0 Å². The van der Waals surface area contributed by atoms with E-state index in [0.29, 0.717) is 23.7 Å². The molecule has 1 aromatic rings. The Hall–Kier alpha value is -2.87. The lowest BCUT2D eigenvalue weighted by molar-refractivity contribution is -0.117. The van der Waals surface area contributed by atoms with E-state index < -0.39 is 0 Å². The minimum Gasteiger partial charge on any atom is -0.401 e. The topological polar surface area (TPSA) is 103 Å². The first-order valence-corrected chi connectivity index (χ1v) is 10.4. The number of thioether (sulfide) groups is 1. The molecule has 0 saturated carbocycles. The second-order valence-corrected chi connectivity index (χ2v) is 7.93. The quantitative estimate of drug-likeness (QED) is 0.280. The lowest BCUT2D eigenvalue weighted by Gasteiger charge is -2.31. The molecule has 0 atom stereocenters. The third-order valence-corrected chi connectivity index (χ3v) is 5.37. The highest BCUT2D eigenvalue weighted by atomic mass is 32.2. The van der Waals surface area contributed by atoms with Gasteiger partial charge in [-0.15, -0.1) is 11.8 Å². The molecule has 5 N–H and O–H groups in total. The summed E-state index contributed by atoms with van der Waals surface area (Å²) in [5.74, 6) is 0.326. The lowest BCUT2D eigenvalue weighted by Crippen LogP contribution is -2.34. The van der Waals surface area contributed by atoms with Gasteiger partial charge in [-0.25, -0.2) is 0 Å². The fourth-order valence-electron chi connectivity index (χ4n) is 2.88. The number of nitrogens with two attached hydrogens (primary N) is 1. The number of pyridine rings is 1. The van der Waals surface area contributed by atoms with Gasteiger partial charge in [-0.3, -0.25) is 9.59 Å². The third kappa shape index (κ3) is 6.32. The van der Waals surface area contributed by atoms with Gasteiger partial charge in [0.1, 0.15) is 0 Å². The van der Waals surface area contributed by atoms with Crippen LogP contribution in [0.15, 0.2) is 70.3 Å². The van der Waals surface area contributed by atoms with Crippen LogP contribution in [0.2, 0.25) is 0 Å². The Morgan fingerprint density at radius 2 is 2.17 bits per heavy atom. The number of nitrogens with one attached hydrogen (secondary N) is 3. The van der Waals surface area contributed by atoms with Gasteiger partial charge in [0, 0.05) is 53.3 Å². The Labute approximate surface area is 175 Å². The van der Waals surface area contributed by atoms with E-state index in [1.54, 1.807) is 30.1 Å². The molecule has 2 rings (SSSR count). The number of aromatic amines is 1. The maximum absolute atomic E-state index is 12.3. The molecule has 156 valence electrons. The molecule has 0 unspecified atom stereocenters. The van der Waals surface area contributed by atoms with Crippen LogP contribution < -0.4 is 26.8 Å². The molecule has 1 aromatic heterocycles. The summed E-state index contributed by atoms with van der Waals surface area (Å²) in [6, 6.07) is 3.50. The lowest BCUT2D eigenvalue weighted by atomic mass is 10.1. The summed E-state index contributed by atoms with van der Waals surface area (Å²) in [7, 11) is 0. The molecule has 0 radical (unpaired) electrons. The molecule has 29 heavy (non-hydrogen) atoms. The van der Waals surface area contributed by atoms with Gasteiger partial charge >= 0.3 is 0 Å². The number of hydrogen-bond acceptors (Lipinski definition) is 6. The fourth-order valence-corrected chi connectivity index (χ4v) is 3.82. The van der Waals surface area contributed by atoms with Gasteiger partial charge in [0.25, 0.3) is 5.91 Å². The van der Waals surface area contributed by atoms with Crippen molar-refractivity contribution in [1.82, 2.24) is 15.6 Å². The second-order valence-electron chi connectivity index (χ2n) is 6.86. The van der Waals surface area contributed by atoms with Crippen LogP contribution in [0.25, 0.3) is 0 Å². The molecule has 0 aliphatic carbocycles. The molecular weight excluding hydrogens is 386 g/mol. The molecule has 2 heterocycles. The van der Waals surface area contributed by atoms with Crippen molar-refractivity contribution < 1.29 is 4.79 Å². The summed E-state index contributed by atoms with van der Waals surface area (Å²) in [5, 5.41) is 6.09. The average molecular weight is 416 g/mol. The molecular formula is C21H29N5O2S. The van der Waals surface area contributed by atoms with Gasteiger partial charge in [0.2, 0.25) is 5.56 Å². The van der Waals surface area contributed by atoms with Crippen LogP contribution in [-0.2, 0) is 4.79 Å². The summed E-state index contributed by atoms with van der Waals surface area (Å²) >= 11 is 1.57. The normalized spacial score (nSPS) is 15.1. The number of nitrogens with zero attached hydrogens (tertiary/aromatic N) is 1. The number of anilines is 1. The number of allylic oxidation sites excluding steroid dienone is 1. The van der Waals surface area contributed by atoms with E-state index in [1.165, 1.54) is 6.08 Å². The van der Waals surface area contributed by atoms with Crippen molar-refractivity contribution in [1.29, 1.82) is 0 Å². The fraction of sp³-hybridized carbons (Fsp3) is 0.333. The standard InChI is InChI=1S/C21H29N5O2S/c1-5-16(21(28)25-14(3)4)18(6-2)24-13-29-19-12-26(10-8-17(19)22)15-7-9-23-20(27)11-15/h5-7,9,11,14,24H,1-2,8,10,12-13,22H2,3-4H3,(H,23,27)(H,25,28)/b18-16-. The Balaban J connectivity index is 2.04. The van der Waals surface area contributed by atoms with Gasteiger partial charge in [-0.05, 0) is 26.0 Å². The van der Waals surface area contributed by atoms with Crippen LogP contribution in [-0.4, -0.2) is 35.9 Å². The van der Waals surface area contributed by atoms with Crippen molar-refractivity contribution in [2.24, 2.45) is 5.73 Å². The van der Waals surface area contributed by atoms with Crippen LogP contribution in [0.5, 0.6) is 0 Å². The van der Waals surface area contributed by atoms with Crippen molar-refractivity contribution in [2.45, 2.75) is 26.3 Å². The number of rotatable bonds is 9. The van der Waals surface area contributed by atoms with Gasteiger partial charge in [-0.2, -0.15) is 0 Å². The van der Waals surface area contributed by atoms with E-state index in [9.17, 15) is 9.59 Å². The average Bonchev–Trinajstić information content (AvgIpc) is 2.68. The summed E-state index contributed by atoms with van der Waals surface area (Å²) in [6.45, 7) is 12.7. The zero-order valence-corrected chi connectivity index (χ0v) is 17.8. The molecule has 1 aliphatic heterocycles. The van der Waals surface area contributed by atoms with E-state index in [0.717, 1.165) is 29.3 Å². The van der Waals surface area contributed by atoms with Gasteiger partial charge in [-0.1, -0.05) is 19.2 Å². The predicted molar refractivity (Wildman–Crippen MR) is 121 cm³/mol. The first kappa shape index (κ1) is 22.4. The first-order chi connectivity index (χ1) is 13.8. The third-order valence-electron chi connectivity index (χ3n) is 4.34. The Morgan fingerprint density at radius 1 is 1.41 bits per heavy atom. The van der Waals surface area contributed by atoms with Crippen molar-refractivity contribution >= 4 is 23.4 Å². The maximum atomic E-state index is 12.3. The van der Waals surface area contributed by atoms with E-state index in [4.69, 9.17) is 5.73 Å². The second kappa shape index (κ2) is 10.6. The monoisotopic (exact) mass is 415 g/mol. The van der Waals surface area contributed by atoms with Crippen molar-refractivity contribution in [3.05, 3.63) is 75.9 Å². The molecule has 1 aliphatic rings. The van der Waals surface area contributed by atoms with E-state index in [-0.39, 0.29) is 17.5 Å². The highest BCUT2D eigenvalue weighted by Gasteiger charge is 2.19. The number of carbonyl (C=O) groups is 1. The molecule has 0 bridgehead atoms. The molecule has 0 fully saturated rings. The minimum atomic E-state index is -0.195. The highest BCUT2D eigenvalue weighted by Crippen LogP contribution is 2.27. The van der Waals surface area contributed by atoms with Crippen LogP contribution >= 0.6 is 11.8 Å². The maximum Gasteiger partial charge on any atom is 0.253 e. The minimum absolute atomic E-state index is 0.0290. The van der Waals surface area contributed by atoms with E-state index >= 15 is 0 Å². The molecule has 0 saturated heterocycles. The van der Waals surface area contributed by atoms with Gasteiger partial charge in [0.05, 0.1) is 18.0 Å². The highest BCUT2D eigenvalue weighted by molar-refractivity contribution is 8.03. The summed E-state index contributed by atoms with van der Waals surface area (Å²) in [4.78, 5) is 29.7. The van der Waals surface area contributed by atoms with E-state index in [1.807, 2.05) is 19.9 Å². The number of carbonyl (C=O) groups excluding carboxylic acids is 1. The van der Waals surface area contributed by atoms with Crippen molar-refractivity contribution in [2.75, 3.05) is 23.9 Å². The molecule has 0 spiro atoms. The Bertz CT molecular complexity index is 885. The number of aromatic nitrogens is 1. The SMILES string of the molecule is C=C/C(NCSC1=C(N)CCN(c2cc[nH]c(=O)c2)C1)=C(\C=C)C(=O)NC(C)C. The first-order valence-electron chi connectivity index (χ1n) is 9.43. The van der Waals surface area contributed by atoms with Crippen LogP contribution in [0.4, 0.5) is 5.69 Å². The summed E-state index contributed by atoms with van der Waals surface area (Å²) in [6.07, 6.45) is 5.51. The molecule has 8 heteroatoms. The van der Waals surface area contributed by atoms with E-state index in [2.05, 4.69) is 33.7 Å². The Morgan fingerprint density at radius 3 is 2.79 bits per heavy atom. The summed E-state index contributed by atoms with van der Waals surface area (Å²) < 4.78 is 0. The van der Waals surface area contributed by atoms with Gasteiger partial charge in [0.15, 0.2) is 0 Å². The zero-order chi connectivity index (χ0) is 21.4. The van der Waals surface area contributed by atoms with Crippen molar-refractivity contribution in [3.8, 4) is 0 Å². The van der Waals surface area contributed by atoms with Crippen LogP contribution in [0.3, 0.4) is 0 Å². The molecule has 7 nitrogen and oxygen atoms in total. The largest absolute Gasteiger partial charge is 0.401 e. The molecule has 0 aromatic carbocycles. The van der Waals surface area contributed by atoms with Gasteiger partial charge < -0.3 is 26.3 Å². The smallest absolute Gasteiger partial charge is 0.253 e. The zero-order valence-electron chi connectivity index (χ0n) is 17.0. The van der Waals surface area contributed by atoms with Crippen LogP contribution in [0.1, 0.15) is 20.3 Å². The Kier molecular flexibility index (Phi) is 8.21. The number of hydrogen-bond donors (Lipinski definition) is 4. The molecule has 1 amide bonds. The predicted octanol–water partition coefficient (Wildman–Crippen LogP) is 2.19. The number of H-pyrrole nitrogens is 1. The summed E-state index contributed by atoms with van der Waals surface area (Å²) in [5.41, 5.74) is 8.88.